The molecule has 0 saturated carbocycles. The number of carbonyl (C=O) groups is 1. The molecule has 0 radical (unpaired) electrons. The van der Waals surface area contributed by atoms with Crippen molar-refractivity contribution in [3.63, 3.8) is 0 Å². The van der Waals surface area contributed by atoms with Crippen molar-refractivity contribution in [3.8, 4) is 0 Å². The van der Waals surface area contributed by atoms with Crippen LogP contribution in [0.25, 0.3) is 0 Å². The van der Waals surface area contributed by atoms with E-state index in [0.29, 0.717) is 6.42 Å². The second-order valence-electron chi connectivity index (χ2n) is 4.01. The maximum Gasteiger partial charge on any atom is 0.305 e. The minimum absolute atomic E-state index is 0. The molecule has 0 aliphatic rings. The van der Waals surface area contributed by atoms with Crippen molar-refractivity contribution < 1.29 is 31.1 Å². The van der Waals surface area contributed by atoms with Crippen LogP contribution in [0.1, 0.15) is 31.3 Å². The van der Waals surface area contributed by atoms with E-state index in [9.17, 15) is 4.79 Å². The third-order valence-corrected chi connectivity index (χ3v) is 2.85. The minimum Gasteiger partial charge on any atom is -1.00 e. The van der Waals surface area contributed by atoms with E-state index in [2.05, 4.69) is 33.9 Å². The van der Waals surface area contributed by atoms with Crippen LogP contribution in [0.4, 0.5) is 0 Å². The molecular weight excluding hydrogens is 284 g/mol. The van der Waals surface area contributed by atoms with Gasteiger partial charge in [-0.15, -0.1) is 0 Å². The summed E-state index contributed by atoms with van der Waals surface area (Å²) in [6, 6.07) is 0. The standard InChI is InChI=1S/C12H21N2O2.BrH/c1-5-8-14-10(2)13(3)9-11(14)6-7-12(15)16-4;/h9H,5-8H2,1-4H3;1H/q+1;/p-1. The molecule has 0 atom stereocenters. The summed E-state index contributed by atoms with van der Waals surface area (Å²) < 4.78 is 9.02. The molecule has 0 bridgehead atoms. The Balaban J connectivity index is 0.00000256. The topological polar surface area (TPSA) is 35.1 Å². The van der Waals surface area contributed by atoms with E-state index >= 15 is 0 Å². The van der Waals surface area contributed by atoms with E-state index in [1.807, 2.05) is 7.05 Å². The summed E-state index contributed by atoms with van der Waals surface area (Å²) in [5.41, 5.74) is 1.20. The normalized spacial score (nSPS) is 9.88. The van der Waals surface area contributed by atoms with Gasteiger partial charge in [-0.3, -0.25) is 4.79 Å². The van der Waals surface area contributed by atoms with Crippen molar-refractivity contribution in [2.24, 2.45) is 7.05 Å². The summed E-state index contributed by atoms with van der Waals surface area (Å²) in [5, 5.41) is 0. The van der Waals surface area contributed by atoms with Gasteiger partial charge in [0, 0.05) is 13.3 Å². The molecule has 0 aliphatic heterocycles. The van der Waals surface area contributed by atoms with E-state index in [-0.39, 0.29) is 23.0 Å². The van der Waals surface area contributed by atoms with Crippen LogP contribution in [0, 0.1) is 6.92 Å². The Bertz CT molecular complexity index is 375. The Hall–Kier alpha value is -0.840. The van der Waals surface area contributed by atoms with Crippen molar-refractivity contribution >= 4 is 5.97 Å². The maximum atomic E-state index is 11.1. The molecule has 1 aromatic heterocycles. The Morgan fingerprint density at radius 3 is 2.71 bits per heavy atom. The van der Waals surface area contributed by atoms with Crippen LogP contribution >= 0.6 is 0 Å². The molecule has 0 amide bonds. The molecule has 0 fully saturated rings. The highest BCUT2D eigenvalue weighted by atomic mass is 79.9. The molecule has 0 saturated heterocycles. The number of ether oxygens (including phenoxy) is 1. The monoisotopic (exact) mass is 304 g/mol. The minimum atomic E-state index is -0.149. The number of methoxy groups -OCH3 is 1. The Kier molecular flexibility index (Phi) is 7.11. The summed E-state index contributed by atoms with van der Waals surface area (Å²) in [5.74, 6) is 1.08. The summed E-state index contributed by atoms with van der Waals surface area (Å²) in [4.78, 5) is 11.1. The molecule has 0 aromatic carbocycles. The highest BCUT2D eigenvalue weighted by molar-refractivity contribution is 5.69. The number of hydrogen-bond acceptors (Lipinski definition) is 2. The Labute approximate surface area is 113 Å². The van der Waals surface area contributed by atoms with Crippen LogP contribution in [0.5, 0.6) is 0 Å². The lowest BCUT2D eigenvalue weighted by atomic mass is 10.2. The summed E-state index contributed by atoms with van der Waals surface area (Å²) >= 11 is 0. The van der Waals surface area contributed by atoms with E-state index < -0.39 is 0 Å². The van der Waals surface area contributed by atoms with Gasteiger partial charge in [0.25, 0.3) is 5.82 Å². The van der Waals surface area contributed by atoms with E-state index in [1.54, 1.807) is 0 Å². The third-order valence-electron chi connectivity index (χ3n) is 2.85. The first-order chi connectivity index (χ1) is 7.60. The average Bonchev–Trinajstić information content (AvgIpc) is 2.54. The lowest BCUT2D eigenvalue weighted by molar-refractivity contribution is -0.677. The molecule has 1 rings (SSSR count). The number of carbonyl (C=O) groups excluding carboxylic acids is 1. The van der Waals surface area contributed by atoms with Gasteiger partial charge in [-0.1, -0.05) is 6.92 Å². The molecule has 1 heterocycles. The van der Waals surface area contributed by atoms with Gasteiger partial charge in [0.2, 0.25) is 0 Å². The summed E-state index contributed by atoms with van der Waals surface area (Å²) in [6.45, 7) is 5.25. The first-order valence-corrected chi connectivity index (χ1v) is 5.71. The molecule has 0 spiro atoms. The number of halogens is 1. The largest absolute Gasteiger partial charge is 1.00 e. The Morgan fingerprint density at radius 2 is 2.18 bits per heavy atom. The van der Waals surface area contributed by atoms with Crippen LogP contribution in [-0.2, 0) is 29.5 Å². The zero-order chi connectivity index (χ0) is 12.1. The van der Waals surface area contributed by atoms with Gasteiger partial charge in [0.15, 0.2) is 0 Å². The molecule has 0 N–H and O–H groups in total. The third kappa shape index (κ3) is 4.15. The number of imidazole rings is 1. The van der Waals surface area contributed by atoms with Gasteiger partial charge >= 0.3 is 5.97 Å². The fraction of sp³-hybridized carbons (Fsp3) is 0.667. The lowest BCUT2D eigenvalue weighted by Gasteiger charge is -2.01. The number of nitrogens with zero attached hydrogens (tertiary/aromatic N) is 2. The predicted molar refractivity (Wildman–Crippen MR) is 61.0 cm³/mol. The SMILES string of the molecule is CCCn1c(CCC(=O)OC)c[n+](C)c1C.[Br-]. The molecule has 0 unspecified atom stereocenters. The van der Waals surface area contributed by atoms with Gasteiger partial charge in [0.1, 0.15) is 11.9 Å². The van der Waals surface area contributed by atoms with Crippen molar-refractivity contribution in [2.75, 3.05) is 7.11 Å². The second kappa shape index (κ2) is 7.48. The molecule has 1 aromatic rings. The highest BCUT2D eigenvalue weighted by Gasteiger charge is 2.17. The van der Waals surface area contributed by atoms with Gasteiger partial charge in [-0.05, 0) is 6.42 Å². The molecule has 17 heavy (non-hydrogen) atoms. The zero-order valence-electron chi connectivity index (χ0n) is 11.0. The molecular formula is C12H21BrN2O2. The smallest absolute Gasteiger partial charge is 0.305 e. The molecule has 5 heteroatoms. The number of hydrogen-bond donors (Lipinski definition) is 0. The summed E-state index contributed by atoms with van der Waals surface area (Å²) in [6.07, 6.45) is 4.38. The van der Waals surface area contributed by atoms with Crippen molar-refractivity contribution in [1.82, 2.24) is 4.57 Å². The predicted octanol–water partition coefficient (Wildman–Crippen LogP) is -1.86. The van der Waals surface area contributed by atoms with Crippen LogP contribution in [0.15, 0.2) is 6.20 Å². The highest BCUT2D eigenvalue weighted by Crippen LogP contribution is 2.07. The lowest BCUT2D eigenvalue weighted by Crippen LogP contribution is -3.00. The zero-order valence-corrected chi connectivity index (χ0v) is 12.6. The van der Waals surface area contributed by atoms with Crippen molar-refractivity contribution in [1.29, 1.82) is 0 Å². The first kappa shape index (κ1) is 16.2. The quantitative estimate of drug-likeness (QED) is 0.472. The first-order valence-electron chi connectivity index (χ1n) is 5.71. The number of aryl methyl sites for hydroxylation is 2. The van der Waals surface area contributed by atoms with Gasteiger partial charge < -0.3 is 21.7 Å². The Morgan fingerprint density at radius 1 is 1.53 bits per heavy atom. The van der Waals surface area contributed by atoms with Gasteiger partial charge in [0.05, 0.1) is 27.1 Å². The van der Waals surface area contributed by atoms with E-state index in [0.717, 1.165) is 19.4 Å². The maximum absolute atomic E-state index is 11.1. The van der Waals surface area contributed by atoms with E-state index in [1.165, 1.54) is 18.6 Å². The number of esters is 1. The van der Waals surface area contributed by atoms with Crippen molar-refractivity contribution in [2.45, 2.75) is 39.7 Å². The number of aromatic nitrogens is 2. The van der Waals surface area contributed by atoms with Crippen LogP contribution < -0.4 is 21.5 Å². The molecule has 0 aliphatic carbocycles. The second-order valence-corrected chi connectivity index (χ2v) is 4.01. The van der Waals surface area contributed by atoms with Gasteiger partial charge in [-0.25, -0.2) is 9.13 Å². The average molecular weight is 305 g/mol. The van der Waals surface area contributed by atoms with Crippen LogP contribution in [0.3, 0.4) is 0 Å². The van der Waals surface area contributed by atoms with Crippen molar-refractivity contribution in [3.05, 3.63) is 17.7 Å². The number of rotatable bonds is 5. The van der Waals surface area contributed by atoms with E-state index in [4.69, 9.17) is 0 Å². The summed E-state index contributed by atoms with van der Waals surface area (Å²) in [7, 11) is 3.46. The molecule has 98 valence electrons. The molecule has 4 nitrogen and oxygen atoms in total. The fourth-order valence-corrected chi connectivity index (χ4v) is 1.85. The van der Waals surface area contributed by atoms with Gasteiger partial charge in [-0.2, -0.15) is 0 Å². The van der Waals surface area contributed by atoms with Crippen LogP contribution in [0.2, 0.25) is 0 Å². The fourth-order valence-electron chi connectivity index (χ4n) is 1.85. The van der Waals surface area contributed by atoms with Crippen LogP contribution in [-0.4, -0.2) is 17.6 Å².